The quantitative estimate of drug-likeness (QED) is 0.769. The molecule has 0 N–H and O–H groups in total. The van der Waals surface area contributed by atoms with E-state index >= 15 is 0 Å². The summed E-state index contributed by atoms with van der Waals surface area (Å²) in [7, 11) is 1.90. The smallest absolute Gasteiger partial charge is 0.237 e. The van der Waals surface area contributed by atoms with Crippen molar-refractivity contribution in [2.45, 2.75) is 40.3 Å². The summed E-state index contributed by atoms with van der Waals surface area (Å²) in [4.78, 5) is 16.5. The Morgan fingerprint density at radius 1 is 1.28 bits per heavy atom. The molecule has 5 nitrogen and oxygen atoms in total. The third-order valence-corrected chi connectivity index (χ3v) is 4.50. The van der Waals surface area contributed by atoms with Gasteiger partial charge in [-0.15, -0.1) is 0 Å². The molecule has 2 rings (SSSR count). The van der Waals surface area contributed by atoms with Crippen LogP contribution in [0.15, 0.2) is 28.8 Å². The van der Waals surface area contributed by atoms with Crippen LogP contribution >= 0.6 is 0 Å². The van der Waals surface area contributed by atoms with Gasteiger partial charge in [0.1, 0.15) is 11.6 Å². The monoisotopic (exact) mass is 347 g/mol. The second-order valence-electron chi connectivity index (χ2n) is 6.38. The van der Waals surface area contributed by atoms with Crippen LogP contribution in [0.3, 0.4) is 0 Å². The molecule has 0 radical (unpaired) electrons. The summed E-state index contributed by atoms with van der Waals surface area (Å²) >= 11 is 0. The van der Waals surface area contributed by atoms with Crippen molar-refractivity contribution < 1.29 is 13.7 Å². The van der Waals surface area contributed by atoms with Crippen LogP contribution < -0.4 is 0 Å². The van der Waals surface area contributed by atoms with Crippen LogP contribution in [0.2, 0.25) is 0 Å². The van der Waals surface area contributed by atoms with Crippen LogP contribution in [0, 0.1) is 19.7 Å². The highest BCUT2D eigenvalue weighted by Crippen LogP contribution is 2.21. The van der Waals surface area contributed by atoms with Crippen LogP contribution in [-0.4, -0.2) is 41.0 Å². The first-order valence-electron chi connectivity index (χ1n) is 8.48. The molecule has 1 heterocycles. The number of rotatable bonds is 7. The van der Waals surface area contributed by atoms with Crippen molar-refractivity contribution in [3.63, 3.8) is 0 Å². The van der Waals surface area contributed by atoms with Crippen molar-refractivity contribution in [3.05, 3.63) is 52.7 Å². The van der Waals surface area contributed by atoms with Crippen LogP contribution in [0.1, 0.15) is 42.5 Å². The molecule has 0 aliphatic rings. The topological polar surface area (TPSA) is 49.6 Å². The maximum Gasteiger partial charge on any atom is 0.237 e. The first-order valence-corrected chi connectivity index (χ1v) is 8.48. The van der Waals surface area contributed by atoms with E-state index in [1.165, 1.54) is 12.1 Å². The lowest BCUT2D eigenvalue weighted by atomic mass is 10.1. The highest BCUT2D eigenvalue weighted by atomic mass is 19.1. The minimum atomic E-state index is -0.274. The first kappa shape index (κ1) is 19.1. The lowest BCUT2D eigenvalue weighted by Gasteiger charge is -2.30. The van der Waals surface area contributed by atoms with Crippen molar-refractivity contribution in [3.8, 4) is 0 Å². The molecule has 0 saturated carbocycles. The van der Waals surface area contributed by atoms with Gasteiger partial charge in [0.15, 0.2) is 0 Å². The van der Waals surface area contributed by atoms with Crippen LogP contribution in [-0.2, 0) is 11.3 Å². The Morgan fingerprint density at radius 2 is 1.92 bits per heavy atom. The Balaban J connectivity index is 2.02. The van der Waals surface area contributed by atoms with Crippen molar-refractivity contribution in [1.82, 2.24) is 15.0 Å². The largest absolute Gasteiger partial charge is 0.361 e. The molecule has 1 unspecified atom stereocenters. The Morgan fingerprint density at radius 3 is 2.44 bits per heavy atom. The molecule has 1 amide bonds. The Bertz CT molecular complexity index is 692. The second kappa shape index (κ2) is 8.25. The molecule has 25 heavy (non-hydrogen) atoms. The highest BCUT2D eigenvalue weighted by Gasteiger charge is 2.22. The van der Waals surface area contributed by atoms with Gasteiger partial charge < -0.3 is 9.42 Å². The Kier molecular flexibility index (Phi) is 6.31. The summed E-state index contributed by atoms with van der Waals surface area (Å²) in [5.74, 6) is 0.543. The van der Waals surface area contributed by atoms with E-state index in [1.807, 2.05) is 39.6 Å². The molecule has 1 aromatic heterocycles. The van der Waals surface area contributed by atoms with Gasteiger partial charge in [0.25, 0.3) is 0 Å². The average molecular weight is 347 g/mol. The fraction of sp³-hybridized carbons (Fsp3) is 0.474. The summed E-state index contributed by atoms with van der Waals surface area (Å²) in [5, 5.41) is 3.95. The van der Waals surface area contributed by atoms with E-state index in [4.69, 9.17) is 4.52 Å². The van der Waals surface area contributed by atoms with E-state index in [0.29, 0.717) is 19.6 Å². The average Bonchev–Trinajstić information content (AvgIpc) is 2.88. The maximum absolute atomic E-state index is 13.1. The lowest BCUT2D eigenvalue weighted by Crippen LogP contribution is -2.40. The molecule has 0 aliphatic carbocycles. The van der Waals surface area contributed by atoms with E-state index in [9.17, 15) is 9.18 Å². The van der Waals surface area contributed by atoms with Gasteiger partial charge in [-0.2, -0.15) is 0 Å². The van der Waals surface area contributed by atoms with Crippen molar-refractivity contribution >= 4 is 5.91 Å². The van der Waals surface area contributed by atoms with Gasteiger partial charge >= 0.3 is 0 Å². The number of aryl methyl sites for hydroxylation is 2. The SMILES string of the molecule is CCN(C(=O)CN(C)Cc1c(C)noc1C)C(C)c1ccc(F)cc1. The zero-order chi connectivity index (χ0) is 18.6. The van der Waals surface area contributed by atoms with Gasteiger partial charge in [-0.3, -0.25) is 9.69 Å². The number of aromatic nitrogens is 1. The number of hydrogen-bond donors (Lipinski definition) is 0. The Hall–Kier alpha value is -2.21. The number of carbonyl (C=O) groups is 1. The zero-order valence-corrected chi connectivity index (χ0v) is 15.5. The number of benzene rings is 1. The molecular weight excluding hydrogens is 321 g/mol. The second-order valence-corrected chi connectivity index (χ2v) is 6.38. The zero-order valence-electron chi connectivity index (χ0n) is 15.5. The summed E-state index contributed by atoms with van der Waals surface area (Å²) in [6.07, 6.45) is 0. The third-order valence-electron chi connectivity index (χ3n) is 4.50. The fourth-order valence-electron chi connectivity index (χ4n) is 2.96. The minimum absolute atomic E-state index is 0.0357. The third kappa shape index (κ3) is 4.66. The number of hydrogen-bond acceptors (Lipinski definition) is 4. The summed E-state index contributed by atoms with van der Waals surface area (Å²) in [6, 6.07) is 6.19. The fourth-order valence-corrected chi connectivity index (χ4v) is 2.96. The number of likely N-dealkylation sites (N-methyl/N-ethyl adjacent to an activating group) is 2. The molecule has 0 fully saturated rings. The van der Waals surface area contributed by atoms with Crippen LogP contribution in [0.5, 0.6) is 0 Å². The summed E-state index contributed by atoms with van der Waals surface area (Å²) in [5.41, 5.74) is 2.79. The number of nitrogens with zero attached hydrogens (tertiary/aromatic N) is 3. The van der Waals surface area contributed by atoms with E-state index < -0.39 is 0 Å². The molecule has 6 heteroatoms. The summed E-state index contributed by atoms with van der Waals surface area (Å²) < 4.78 is 18.3. The van der Waals surface area contributed by atoms with Gasteiger partial charge in [-0.1, -0.05) is 17.3 Å². The van der Waals surface area contributed by atoms with Crippen molar-refractivity contribution in [1.29, 1.82) is 0 Å². The highest BCUT2D eigenvalue weighted by molar-refractivity contribution is 5.78. The van der Waals surface area contributed by atoms with Gasteiger partial charge in [-0.25, -0.2) is 4.39 Å². The molecule has 1 atom stereocenters. The van der Waals surface area contributed by atoms with Gasteiger partial charge in [0.05, 0.1) is 18.3 Å². The molecule has 136 valence electrons. The standard InChI is InChI=1S/C19H26FN3O2/c1-6-23(14(3)16-7-9-17(20)10-8-16)19(24)12-22(5)11-18-13(2)21-25-15(18)4/h7-10,14H,6,11-12H2,1-5H3. The summed E-state index contributed by atoms with van der Waals surface area (Å²) in [6.45, 7) is 9.18. The normalized spacial score (nSPS) is 12.4. The van der Waals surface area contributed by atoms with E-state index in [0.717, 1.165) is 22.6 Å². The van der Waals surface area contributed by atoms with Crippen LogP contribution in [0.4, 0.5) is 4.39 Å². The minimum Gasteiger partial charge on any atom is -0.361 e. The Labute approximate surface area is 148 Å². The van der Waals surface area contributed by atoms with Gasteiger partial charge in [0.2, 0.25) is 5.91 Å². The van der Waals surface area contributed by atoms with Gasteiger partial charge in [0, 0.05) is 18.7 Å². The number of carbonyl (C=O) groups excluding carboxylic acids is 1. The predicted octanol–water partition coefficient (Wildman–Crippen LogP) is 3.47. The molecular formula is C19H26FN3O2. The molecule has 1 aromatic carbocycles. The lowest BCUT2D eigenvalue weighted by molar-refractivity contribution is -0.134. The molecule has 0 bridgehead atoms. The number of halogens is 1. The van der Waals surface area contributed by atoms with Crippen LogP contribution in [0.25, 0.3) is 0 Å². The first-order chi connectivity index (χ1) is 11.8. The predicted molar refractivity (Wildman–Crippen MR) is 94.5 cm³/mol. The molecule has 2 aromatic rings. The van der Waals surface area contributed by atoms with Gasteiger partial charge in [-0.05, 0) is 52.4 Å². The number of amides is 1. The van der Waals surface area contributed by atoms with E-state index in [-0.39, 0.29) is 17.8 Å². The molecule has 0 aliphatic heterocycles. The molecule has 0 spiro atoms. The maximum atomic E-state index is 13.1. The van der Waals surface area contributed by atoms with Crippen molar-refractivity contribution in [2.75, 3.05) is 20.1 Å². The van der Waals surface area contributed by atoms with Crippen molar-refractivity contribution in [2.24, 2.45) is 0 Å². The molecule has 0 saturated heterocycles. The van der Waals surface area contributed by atoms with E-state index in [2.05, 4.69) is 5.16 Å². The van der Waals surface area contributed by atoms with E-state index in [1.54, 1.807) is 17.0 Å².